The molecule has 7 nitrogen and oxygen atoms in total. The number of piperazine rings is 1. The lowest BCUT2D eigenvalue weighted by Crippen LogP contribution is -2.52. The molecule has 1 aromatic carbocycles. The first-order chi connectivity index (χ1) is 12.2. The lowest BCUT2D eigenvalue weighted by atomic mass is 10.1. The van der Waals surface area contributed by atoms with E-state index in [2.05, 4.69) is 22.4 Å². The van der Waals surface area contributed by atoms with Crippen molar-refractivity contribution in [1.82, 2.24) is 20.4 Å². The Kier molecular flexibility index (Phi) is 5.55. The van der Waals surface area contributed by atoms with Crippen molar-refractivity contribution in [2.45, 2.75) is 26.0 Å². The minimum atomic E-state index is -0.0419. The molecule has 0 saturated carbocycles. The number of aromatic amines is 1. The van der Waals surface area contributed by atoms with Crippen molar-refractivity contribution >= 4 is 5.91 Å². The summed E-state index contributed by atoms with van der Waals surface area (Å²) < 4.78 is 11.0. The molecule has 1 saturated heterocycles. The molecule has 1 aromatic heterocycles. The van der Waals surface area contributed by atoms with Crippen molar-refractivity contribution in [3.05, 3.63) is 41.7 Å². The highest BCUT2D eigenvalue weighted by atomic mass is 16.5. The van der Waals surface area contributed by atoms with Gasteiger partial charge in [-0.1, -0.05) is 19.1 Å². The Morgan fingerprint density at radius 2 is 2.16 bits per heavy atom. The molecule has 0 spiro atoms. The van der Waals surface area contributed by atoms with Crippen LogP contribution in [0.3, 0.4) is 0 Å². The van der Waals surface area contributed by atoms with Crippen LogP contribution in [0.25, 0.3) is 0 Å². The molecule has 1 amide bonds. The quantitative estimate of drug-likeness (QED) is 0.836. The van der Waals surface area contributed by atoms with Crippen molar-refractivity contribution in [3.63, 3.8) is 0 Å². The monoisotopic (exact) mass is 344 g/mol. The maximum Gasteiger partial charge on any atom is 0.274 e. The maximum absolute atomic E-state index is 12.6. The van der Waals surface area contributed by atoms with Crippen molar-refractivity contribution in [1.29, 1.82) is 0 Å². The van der Waals surface area contributed by atoms with Crippen LogP contribution in [0, 0.1) is 0 Å². The number of nitrogens with zero attached hydrogens (tertiary/aromatic N) is 2. The normalized spacial score (nSPS) is 17.4. The highest BCUT2D eigenvalue weighted by Gasteiger charge is 2.24. The summed E-state index contributed by atoms with van der Waals surface area (Å²) in [4.78, 5) is 14.5. The van der Waals surface area contributed by atoms with Gasteiger partial charge in [0.25, 0.3) is 5.91 Å². The Morgan fingerprint density at radius 3 is 2.92 bits per heavy atom. The van der Waals surface area contributed by atoms with E-state index in [0.717, 1.165) is 25.2 Å². The molecule has 0 bridgehead atoms. The van der Waals surface area contributed by atoms with Gasteiger partial charge < -0.3 is 19.7 Å². The molecular weight excluding hydrogens is 320 g/mol. The number of para-hydroxylation sites is 2. The third-order valence-corrected chi connectivity index (χ3v) is 4.34. The van der Waals surface area contributed by atoms with E-state index in [-0.39, 0.29) is 5.91 Å². The highest BCUT2D eigenvalue weighted by Crippen LogP contribution is 2.26. The van der Waals surface area contributed by atoms with Gasteiger partial charge in [-0.3, -0.25) is 9.89 Å². The van der Waals surface area contributed by atoms with Gasteiger partial charge >= 0.3 is 0 Å². The summed E-state index contributed by atoms with van der Waals surface area (Å²) in [7, 11) is 1.60. The number of carbonyl (C=O) groups is 1. The summed E-state index contributed by atoms with van der Waals surface area (Å²) in [5.74, 6) is 1.28. The molecule has 0 radical (unpaired) electrons. The molecule has 1 aliphatic rings. The summed E-state index contributed by atoms with van der Waals surface area (Å²) >= 11 is 0. The smallest absolute Gasteiger partial charge is 0.274 e. The fourth-order valence-electron chi connectivity index (χ4n) is 2.88. The van der Waals surface area contributed by atoms with Gasteiger partial charge in [0.1, 0.15) is 6.61 Å². The van der Waals surface area contributed by atoms with Gasteiger partial charge in [0.05, 0.1) is 12.8 Å². The van der Waals surface area contributed by atoms with Crippen LogP contribution in [0.5, 0.6) is 11.5 Å². The van der Waals surface area contributed by atoms with Crippen molar-refractivity contribution < 1.29 is 14.3 Å². The Hall–Kier alpha value is -2.54. The number of hydrogen-bond donors (Lipinski definition) is 2. The zero-order valence-electron chi connectivity index (χ0n) is 14.6. The van der Waals surface area contributed by atoms with E-state index in [1.807, 2.05) is 29.2 Å². The molecule has 25 heavy (non-hydrogen) atoms. The fraction of sp³-hybridized carbons (Fsp3) is 0.444. The van der Waals surface area contributed by atoms with Crippen LogP contribution in [-0.4, -0.2) is 53.8 Å². The van der Waals surface area contributed by atoms with Crippen LogP contribution in [0.1, 0.15) is 29.5 Å². The van der Waals surface area contributed by atoms with E-state index in [0.29, 0.717) is 36.4 Å². The molecule has 1 fully saturated rings. The summed E-state index contributed by atoms with van der Waals surface area (Å²) in [6, 6.07) is 9.55. The largest absolute Gasteiger partial charge is 0.493 e. The van der Waals surface area contributed by atoms with Crippen LogP contribution < -0.4 is 14.8 Å². The van der Waals surface area contributed by atoms with E-state index >= 15 is 0 Å². The molecule has 1 atom stereocenters. The molecular formula is C18H24N4O3. The van der Waals surface area contributed by atoms with E-state index in [9.17, 15) is 4.79 Å². The Bertz CT molecular complexity index is 716. The second-order valence-corrected chi connectivity index (χ2v) is 6.03. The summed E-state index contributed by atoms with van der Waals surface area (Å²) in [5.41, 5.74) is 1.17. The minimum Gasteiger partial charge on any atom is -0.493 e. The van der Waals surface area contributed by atoms with Gasteiger partial charge in [-0.2, -0.15) is 5.10 Å². The third kappa shape index (κ3) is 4.11. The molecule has 7 heteroatoms. The third-order valence-electron chi connectivity index (χ3n) is 4.34. The Morgan fingerprint density at radius 1 is 1.36 bits per heavy atom. The van der Waals surface area contributed by atoms with Gasteiger partial charge in [0.15, 0.2) is 17.2 Å². The molecule has 2 N–H and O–H groups in total. The van der Waals surface area contributed by atoms with Crippen LogP contribution in [0.2, 0.25) is 0 Å². The van der Waals surface area contributed by atoms with Crippen LogP contribution >= 0.6 is 0 Å². The SMILES string of the molecule is CC[C@@H]1CN(C(=O)c2cc(COc3ccccc3OC)[nH]n2)CCN1. The second kappa shape index (κ2) is 8.02. The number of H-pyrrole nitrogens is 1. The van der Waals surface area contributed by atoms with Crippen LogP contribution in [-0.2, 0) is 6.61 Å². The van der Waals surface area contributed by atoms with Crippen LogP contribution in [0.15, 0.2) is 30.3 Å². The van der Waals surface area contributed by atoms with E-state index in [1.54, 1.807) is 13.2 Å². The lowest BCUT2D eigenvalue weighted by Gasteiger charge is -2.32. The molecule has 0 unspecified atom stereocenters. The number of aromatic nitrogens is 2. The molecule has 0 aliphatic carbocycles. The minimum absolute atomic E-state index is 0.0419. The lowest BCUT2D eigenvalue weighted by molar-refractivity contribution is 0.0695. The first kappa shape index (κ1) is 17.3. The molecule has 2 heterocycles. The summed E-state index contributed by atoms with van der Waals surface area (Å²) in [6.45, 7) is 4.65. The topological polar surface area (TPSA) is 79.5 Å². The number of nitrogens with one attached hydrogen (secondary N) is 2. The zero-order valence-corrected chi connectivity index (χ0v) is 14.6. The van der Waals surface area contributed by atoms with E-state index < -0.39 is 0 Å². The number of benzene rings is 1. The van der Waals surface area contributed by atoms with Crippen molar-refractivity contribution in [2.24, 2.45) is 0 Å². The fourth-order valence-corrected chi connectivity index (χ4v) is 2.88. The van der Waals surface area contributed by atoms with Gasteiger partial charge in [-0.25, -0.2) is 0 Å². The number of hydrogen-bond acceptors (Lipinski definition) is 5. The second-order valence-electron chi connectivity index (χ2n) is 6.03. The standard InChI is InChI=1S/C18H24N4O3/c1-3-13-11-22(9-8-19-13)18(23)15-10-14(20-21-15)12-25-17-7-5-4-6-16(17)24-2/h4-7,10,13,19H,3,8-9,11-12H2,1-2H3,(H,20,21)/t13-/m1/s1. The zero-order chi connectivity index (χ0) is 17.6. The average molecular weight is 344 g/mol. The van der Waals surface area contributed by atoms with Gasteiger partial charge in [0, 0.05) is 25.7 Å². The predicted molar refractivity (Wildman–Crippen MR) is 93.9 cm³/mol. The number of amides is 1. The summed E-state index contributed by atoms with van der Waals surface area (Å²) in [5, 5.41) is 10.4. The molecule has 1 aliphatic heterocycles. The molecule has 2 aromatic rings. The molecule has 3 rings (SSSR count). The maximum atomic E-state index is 12.6. The van der Waals surface area contributed by atoms with Crippen molar-refractivity contribution in [2.75, 3.05) is 26.7 Å². The Labute approximate surface area is 147 Å². The number of carbonyl (C=O) groups excluding carboxylic acids is 1. The van der Waals surface area contributed by atoms with Crippen LogP contribution in [0.4, 0.5) is 0 Å². The average Bonchev–Trinajstić information content (AvgIpc) is 3.15. The van der Waals surface area contributed by atoms with Gasteiger partial charge in [0.2, 0.25) is 0 Å². The molecule has 134 valence electrons. The van der Waals surface area contributed by atoms with Gasteiger partial charge in [-0.05, 0) is 24.6 Å². The first-order valence-corrected chi connectivity index (χ1v) is 8.54. The van der Waals surface area contributed by atoms with E-state index in [4.69, 9.17) is 9.47 Å². The predicted octanol–water partition coefficient (Wildman–Crippen LogP) is 1.82. The van der Waals surface area contributed by atoms with E-state index in [1.165, 1.54) is 0 Å². The van der Waals surface area contributed by atoms with Crippen molar-refractivity contribution in [3.8, 4) is 11.5 Å². The number of ether oxygens (including phenoxy) is 2. The summed E-state index contributed by atoms with van der Waals surface area (Å²) in [6.07, 6.45) is 1.00. The van der Waals surface area contributed by atoms with Gasteiger partial charge in [-0.15, -0.1) is 0 Å². The number of methoxy groups -OCH3 is 1. The first-order valence-electron chi connectivity index (χ1n) is 8.54. The Balaban J connectivity index is 1.61. The number of rotatable bonds is 6. The highest BCUT2D eigenvalue weighted by molar-refractivity contribution is 5.92.